The molecule has 0 unspecified atom stereocenters. The molecule has 0 saturated carbocycles. The largest absolute Gasteiger partial charge is 0.461 e. The van der Waals surface area contributed by atoms with E-state index in [0.29, 0.717) is 24.5 Å². The summed E-state index contributed by atoms with van der Waals surface area (Å²) in [5.41, 5.74) is 1.42. The zero-order valence-corrected chi connectivity index (χ0v) is 18.3. The number of anilines is 1. The van der Waals surface area contributed by atoms with E-state index in [4.69, 9.17) is 4.74 Å². The molecule has 1 fully saturated rings. The van der Waals surface area contributed by atoms with E-state index >= 15 is 0 Å². The van der Waals surface area contributed by atoms with E-state index in [2.05, 4.69) is 14.8 Å². The van der Waals surface area contributed by atoms with Crippen LogP contribution in [0.5, 0.6) is 0 Å². The SMILES string of the molecule is CCOC(=O)c1ccn(-c2ccc(NS(=O)(=O)c3c[nH]c(C(=O)N4CCCC4)c3)cc2)n1. The van der Waals surface area contributed by atoms with Crippen LogP contribution in [0.1, 0.15) is 40.7 Å². The first kappa shape index (κ1) is 21.6. The minimum atomic E-state index is -3.88. The first-order valence-corrected chi connectivity index (χ1v) is 11.7. The molecule has 0 bridgehead atoms. The number of esters is 1. The highest BCUT2D eigenvalue weighted by atomic mass is 32.2. The number of aromatic amines is 1. The summed E-state index contributed by atoms with van der Waals surface area (Å²) in [4.78, 5) is 28.6. The van der Waals surface area contributed by atoms with Crippen molar-refractivity contribution in [1.29, 1.82) is 0 Å². The van der Waals surface area contributed by atoms with Gasteiger partial charge in [-0.3, -0.25) is 9.52 Å². The van der Waals surface area contributed by atoms with Crippen LogP contribution in [-0.2, 0) is 14.8 Å². The highest BCUT2D eigenvalue weighted by molar-refractivity contribution is 7.92. The van der Waals surface area contributed by atoms with Crippen LogP contribution < -0.4 is 4.72 Å². The number of ether oxygens (including phenoxy) is 1. The van der Waals surface area contributed by atoms with Gasteiger partial charge < -0.3 is 14.6 Å². The lowest BCUT2D eigenvalue weighted by molar-refractivity contribution is 0.0518. The maximum Gasteiger partial charge on any atom is 0.358 e. The Morgan fingerprint density at radius 3 is 2.56 bits per heavy atom. The smallest absolute Gasteiger partial charge is 0.358 e. The molecule has 0 aliphatic carbocycles. The van der Waals surface area contributed by atoms with Gasteiger partial charge in [0.05, 0.1) is 12.3 Å². The van der Waals surface area contributed by atoms with Crippen molar-refractivity contribution in [3.63, 3.8) is 0 Å². The second-order valence-electron chi connectivity index (χ2n) is 7.27. The zero-order valence-electron chi connectivity index (χ0n) is 17.4. The van der Waals surface area contributed by atoms with E-state index in [1.165, 1.54) is 16.9 Å². The third-order valence-corrected chi connectivity index (χ3v) is 6.41. The number of benzene rings is 1. The highest BCUT2D eigenvalue weighted by Gasteiger charge is 2.23. The predicted octanol–water partition coefficient (Wildman–Crippen LogP) is 2.41. The fraction of sp³-hybridized carbons (Fsp3) is 0.286. The molecule has 3 aromatic rings. The van der Waals surface area contributed by atoms with Crippen molar-refractivity contribution < 1.29 is 22.7 Å². The van der Waals surface area contributed by atoms with Crippen LogP contribution >= 0.6 is 0 Å². The third-order valence-electron chi connectivity index (χ3n) is 5.05. The van der Waals surface area contributed by atoms with E-state index in [9.17, 15) is 18.0 Å². The van der Waals surface area contributed by atoms with Gasteiger partial charge in [0.15, 0.2) is 5.69 Å². The Morgan fingerprint density at radius 1 is 1.16 bits per heavy atom. The van der Waals surface area contributed by atoms with Crippen molar-refractivity contribution in [2.24, 2.45) is 0 Å². The minimum absolute atomic E-state index is 0.0183. The van der Waals surface area contributed by atoms with Gasteiger partial charge in [-0.2, -0.15) is 5.10 Å². The predicted molar refractivity (Wildman–Crippen MR) is 116 cm³/mol. The topological polar surface area (TPSA) is 126 Å². The monoisotopic (exact) mass is 457 g/mol. The van der Waals surface area contributed by atoms with Gasteiger partial charge in [-0.15, -0.1) is 0 Å². The molecule has 0 radical (unpaired) electrons. The fourth-order valence-electron chi connectivity index (χ4n) is 3.42. The Kier molecular flexibility index (Phi) is 5.99. The lowest BCUT2D eigenvalue weighted by Gasteiger charge is -2.13. The number of nitrogens with one attached hydrogen (secondary N) is 2. The third kappa shape index (κ3) is 4.52. The molecule has 2 N–H and O–H groups in total. The Balaban J connectivity index is 1.45. The number of aromatic nitrogens is 3. The number of nitrogens with zero attached hydrogens (tertiary/aromatic N) is 3. The molecule has 3 heterocycles. The molecule has 1 aromatic carbocycles. The van der Waals surface area contributed by atoms with Crippen molar-refractivity contribution in [3.05, 3.63) is 60.2 Å². The van der Waals surface area contributed by atoms with Crippen molar-refractivity contribution in [1.82, 2.24) is 19.7 Å². The lowest BCUT2D eigenvalue weighted by Crippen LogP contribution is -2.27. The van der Waals surface area contributed by atoms with Crippen molar-refractivity contribution >= 4 is 27.6 Å². The molecule has 1 saturated heterocycles. The Labute approximate surface area is 185 Å². The summed E-state index contributed by atoms with van der Waals surface area (Å²) in [6.07, 6.45) is 4.83. The Bertz CT molecular complexity index is 1220. The zero-order chi connectivity index (χ0) is 22.7. The van der Waals surface area contributed by atoms with Gasteiger partial charge in [0.1, 0.15) is 10.6 Å². The van der Waals surface area contributed by atoms with Crippen molar-refractivity contribution in [3.8, 4) is 5.69 Å². The van der Waals surface area contributed by atoms with Gasteiger partial charge in [0.25, 0.3) is 15.9 Å². The van der Waals surface area contributed by atoms with Gasteiger partial charge in [-0.25, -0.2) is 17.9 Å². The van der Waals surface area contributed by atoms with Crippen LogP contribution in [-0.4, -0.2) is 59.7 Å². The number of sulfonamides is 1. The number of H-pyrrole nitrogens is 1. The Hall–Kier alpha value is -3.60. The fourth-order valence-corrected chi connectivity index (χ4v) is 4.47. The average molecular weight is 458 g/mol. The van der Waals surface area contributed by atoms with Crippen LogP contribution in [0, 0.1) is 0 Å². The van der Waals surface area contributed by atoms with E-state index in [1.54, 1.807) is 48.4 Å². The first-order chi connectivity index (χ1) is 15.4. The van der Waals surface area contributed by atoms with E-state index in [-0.39, 0.29) is 28.8 Å². The van der Waals surface area contributed by atoms with Gasteiger partial charge in [-0.1, -0.05) is 0 Å². The number of hydrogen-bond acceptors (Lipinski definition) is 6. The minimum Gasteiger partial charge on any atom is -0.461 e. The normalized spacial score (nSPS) is 13.8. The number of likely N-dealkylation sites (tertiary alicyclic amines) is 1. The second kappa shape index (κ2) is 8.87. The summed E-state index contributed by atoms with van der Waals surface area (Å²) in [6, 6.07) is 9.39. The van der Waals surface area contributed by atoms with Gasteiger partial charge in [0, 0.05) is 31.2 Å². The molecular weight excluding hydrogens is 434 g/mol. The molecule has 4 rings (SSSR count). The highest BCUT2D eigenvalue weighted by Crippen LogP contribution is 2.20. The maximum atomic E-state index is 12.7. The molecule has 32 heavy (non-hydrogen) atoms. The quantitative estimate of drug-likeness (QED) is 0.525. The lowest BCUT2D eigenvalue weighted by atomic mass is 10.3. The summed E-state index contributed by atoms with van der Waals surface area (Å²) in [7, 11) is -3.88. The second-order valence-corrected chi connectivity index (χ2v) is 8.95. The molecule has 11 heteroatoms. The number of hydrogen-bond donors (Lipinski definition) is 2. The summed E-state index contributed by atoms with van der Waals surface area (Å²) < 4.78 is 34.4. The van der Waals surface area contributed by atoms with Crippen molar-refractivity contribution in [2.45, 2.75) is 24.7 Å². The number of carbonyl (C=O) groups excluding carboxylic acids is 2. The molecular formula is C21H23N5O5S. The summed E-state index contributed by atoms with van der Waals surface area (Å²) in [5.74, 6) is -0.709. The van der Waals surface area contributed by atoms with E-state index in [1.807, 2.05) is 0 Å². The molecule has 1 aliphatic heterocycles. The van der Waals surface area contributed by atoms with Crippen LogP contribution in [0.15, 0.2) is 53.7 Å². The molecule has 0 spiro atoms. The van der Waals surface area contributed by atoms with Crippen molar-refractivity contribution in [2.75, 3.05) is 24.4 Å². The van der Waals surface area contributed by atoms with Crippen LogP contribution in [0.3, 0.4) is 0 Å². The molecule has 168 valence electrons. The summed E-state index contributed by atoms with van der Waals surface area (Å²) >= 11 is 0. The first-order valence-electron chi connectivity index (χ1n) is 10.2. The number of rotatable bonds is 7. The number of carbonyl (C=O) groups is 2. The van der Waals surface area contributed by atoms with E-state index < -0.39 is 16.0 Å². The van der Waals surface area contributed by atoms with Gasteiger partial charge >= 0.3 is 5.97 Å². The molecule has 10 nitrogen and oxygen atoms in total. The van der Waals surface area contributed by atoms with E-state index in [0.717, 1.165) is 12.8 Å². The maximum absolute atomic E-state index is 12.7. The Morgan fingerprint density at radius 2 is 1.88 bits per heavy atom. The van der Waals surface area contributed by atoms with Crippen LogP contribution in [0.4, 0.5) is 5.69 Å². The molecule has 0 atom stereocenters. The summed E-state index contributed by atoms with van der Waals surface area (Å²) in [6.45, 7) is 3.34. The van der Waals surface area contributed by atoms with Gasteiger partial charge in [0.2, 0.25) is 0 Å². The molecule has 1 amide bonds. The summed E-state index contributed by atoms with van der Waals surface area (Å²) in [5, 5.41) is 4.17. The van der Waals surface area contributed by atoms with Crippen LogP contribution in [0.25, 0.3) is 5.69 Å². The van der Waals surface area contributed by atoms with Crippen LogP contribution in [0.2, 0.25) is 0 Å². The van der Waals surface area contributed by atoms with Gasteiger partial charge in [-0.05, 0) is 56.2 Å². The molecule has 1 aliphatic rings. The average Bonchev–Trinajstić information content (AvgIpc) is 3.55. The number of amides is 1. The standard InChI is InChI=1S/C21H23N5O5S/c1-2-31-21(28)18-9-12-26(23-18)16-7-5-15(6-8-16)24-32(29,30)17-13-19(22-14-17)20(27)25-10-3-4-11-25/h5-9,12-14,22,24H,2-4,10-11H2,1H3. The molecule has 2 aromatic heterocycles.